The average molecular weight is 220 g/mol. The molecule has 16 heavy (non-hydrogen) atoms. The lowest BCUT2D eigenvalue weighted by Gasteiger charge is -2.51. The molecule has 0 aliphatic heterocycles. The molecule has 3 rings (SSSR count). The normalized spacial score (nSPS) is 45.0. The van der Waals surface area contributed by atoms with Crippen LogP contribution in [0.2, 0.25) is 0 Å². The van der Waals surface area contributed by atoms with E-state index in [4.69, 9.17) is 0 Å². The Kier molecular flexibility index (Phi) is 2.12. The maximum Gasteiger partial charge on any atom is 0.0644 e. The quantitative estimate of drug-likeness (QED) is 0.670. The molecule has 2 saturated carbocycles. The zero-order valence-electron chi connectivity index (χ0n) is 10.8. The van der Waals surface area contributed by atoms with Gasteiger partial charge in [0.15, 0.2) is 0 Å². The van der Waals surface area contributed by atoms with Gasteiger partial charge in [-0.05, 0) is 60.3 Å². The van der Waals surface area contributed by atoms with Crippen molar-refractivity contribution in [3.8, 4) is 0 Å². The van der Waals surface area contributed by atoms with E-state index in [1.807, 2.05) is 0 Å². The standard InChI is InChI=1S/C15H24O/c1-10-4-5-12-8-13-11(9-16)6-7-15(10,13)14(12,2)3/h10,12,16H,4-9H2,1-3H3/t10-,12+,15+/m1/s1. The van der Waals surface area contributed by atoms with Gasteiger partial charge in [-0.1, -0.05) is 26.3 Å². The Bertz CT molecular complexity index is 352. The van der Waals surface area contributed by atoms with Gasteiger partial charge in [0, 0.05) is 0 Å². The molecule has 3 aliphatic carbocycles. The van der Waals surface area contributed by atoms with E-state index in [1.54, 1.807) is 5.57 Å². The first kappa shape index (κ1) is 10.8. The molecule has 1 spiro atoms. The number of allylic oxidation sites excluding steroid dienone is 1. The first-order valence-electron chi connectivity index (χ1n) is 6.86. The zero-order chi connectivity index (χ0) is 11.6. The average Bonchev–Trinajstić information content (AvgIpc) is 2.65. The van der Waals surface area contributed by atoms with Crippen LogP contribution in [0.1, 0.15) is 52.9 Å². The number of hydrogen-bond donors (Lipinski definition) is 1. The Morgan fingerprint density at radius 3 is 2.75 bits per heavy atom. The molecule has 3 atom stereocenters. The molecule has 0 amide bonds. The van der Waals surface area contributed by atoms with Crippen molar-refractivity contribution in [3.05, 3.63) is 11.1 Å². The number of aliphatic hydroxyl groups excluding tert-OH is 1. The second kappa shape index (κ2) is 3.13. The summed E-state index contributed by atoms with van der Waals surface area (Å²) in [6, 6.07) is 0. The van der Waals surface area contributed by atoms with Crippen LogP contribution in [0.4, 0.5) is 0 Å². The first-order valence-corrected chi connectivity index (χ1v) is 6.86. The van der Waals surface area contributed by atoms with Gasteiger partial charge >= 0.3 is 0 Å². The summed E-state index contributed by atoms with van der Waals surface area (Å²) in [6.45, 7) is 7.73. The molecule has 1 nitrogen and oxygen atoms in total. The Labute approximate surface area is 98.9 Å². The highest BCUT2D eigenvalue weighted by atomic mass is 16.3. The fraction of sp³-hybridized carbons (Fsp3) is 0.867. The van der Waals surface area contributed by atoms with Crippen molar-refractivity contribution in [1.82, 2.24) is 0 Å². The molecule has 0 heterocycles. The summed E-state index contributed by atoms with van der Waals surface area (Å²) < 4.78 is 0. The minimum atomic E-state index is 0.312. The first-order chi connectivity index (χ1) is 7.54. The van der Waals surface area contributed by atoms with Crippen molar-refractivity contribution >= 4 is 0 Å². The Hall–Kier alpha value is -0.300. The van der Waals surface area contributed by atoms with Crippen LogP contribution >= 0.6 is 0 Å². The molecule has 2 bridgehead atoms. The van der Waals surface area contributed by atoms with Gasteiger partial charge < -0.3 is 5.11 Å². The van der Waals surface area contributed by atoms with E-state index >= 15 is 0 Å². The van der Waals surface area contributed by atoms with Crippen molar-refractivity contribution in [2.45, 2.75) is 52.9 Å². The van der Waals surface area contributed by atoms with Gasteiger partial charge in [0.1, 0.15) is 0 Å². The van der Waals surface area contributed by atoms with Crippen LogP contribution in [-0.4, -0.2) is 11.7 Å². The van der Waals surface area contributed by atoms with E-state index < -0.39 is 0 Å². The van der Waals surface area contributed by atoms with Gasteiger partial charge in [0.25, 0.3) is 0 Å². The van der Waals surface area contributed by atoms with Gasteiger partial charge in [0.05, 0.1) is 6.61 Å². The smallest absolute Gasteiger partial charge is 0.0644 e. The van der Waals surface area contributed by atoms with Crippen molar-refractivity contribution in [2.24, 2.45) is 22.7 Å². The zero-order valence-corrected chi connectivity index (χ0v) is 10.8. The fourth-order valence-electron chi connectivity index (χ4n) is 5.38. The second-order valence-corrected chi connectivity index (χ2v) is 6.81. The molecule has 90 valence electrons. The molecule has 2 fully saturated rings. The van der Waals surface area contributed by atoms with Gasteiger partial charge in [-0.2, -0.15) is 0 Å². The largest absolute Gasteiger partial charge is 0.392 e. The summed E-state index contributed by atoms with van der Waals surface area (Å²) in [4.78, 5) is 0. The molecule has 1 N–H and O–H groups in total. The van der Waals surface area contributed by atoms with E-state index in [9.17, 15) is 5.11 Å². The van der Waals surface area contributed by atoms with E-state index in [-0.39, 0.29) is 0 Å². The van der Waals surface area contributed by atoms with Crippen LogP contribution in [-0.2, 0) is 0 Å². The van der Waals surface area contributed by atoms with Crippen molar-refractivity contribution in [2.75, 3.05) is 6.61 Å². The summed E-state index contributed by atoms with van der Waals surface area (Å²) in [6.07, 6.45) is 6.55. The van der Waals surface area contributed by atoms with Crippen molar-refractivity contribution in [1.29, 1.82) is 0 Å². The Balaban J connectivity index is 2.17. The fourth-order valence-corrected chi connectivity index (χ4v) is 5.38. The van der Waals surface area contributed by atoms with Crippen LogP contribution in [0.3, 0.4) is 0 Å². The lowest BCUT2D eigenvalue weighted by molar-refractivity contribution is -0.00754. The number of rotatable bonds is 1. The Morgan fingerprint density at radius 1 is 1.31 bits per heavy atom. The van der Waals surface area contributed by atoms with Crippen LogP contribution in [0, 0.1) is 22.7 Å². The predicted octanol–water partition coefficient (Wildman–Crippen LogP) is 3.53. The summed E-state index contributed by atoms with van der Waals surface area (Å²) >= 11 is 0. The highest BCUT2D eigenvalue weighted by molar-refractivity contribution is 5.38. The third-order valence-electron chi connectivity index (χ3n) is 6.39. The van der Waals surface area contributed by atoms with Gasteiger partial charge in [-0.3, -0.25) is 0 Å². The molecule has 0 aromatic carbocycles. The molecule has 0 aromatic rings. The topological polar surface area (TPSA) is 20.2 Å². The van der Waals surface area contributed by atoms with E-state index in [0.717, 1.165) is 18.3 Å². The van der Waals surface area contributed by atoms with E-state index in [0.29, 0.717) is 17.4 Å². The predicted molar refractivity (Wildman–Crippen MR) is 66.1 cm³/mol. The lowest BCUT2D eigenvalue weighted by atomic mass is 9.53. The highest BCUT2D eigenvalue weighted by Crippen LogP contribution is 2.72. The maximum atomic E-state index is 9.53. The Morgan fingerprint density at radius 2 is 2.06 bits per heavy atom. The third-order valence-corrected chi connectivity index (χ3v) is 6.39. The molecule has 3 aliphatic rings. The minimum absolute atomic E-state index is 0.312. The number of fused-ring (bicyclic) bond motifs is 1. The summed E-state index contributed by atoms with van der Waals surface area (Å²) in [5.41, 5.74) is 3.99. The van der Waals surface area contributed by atoms with Crippen molar-refractivity contribution in [3.63, 3.8) is 0 Å². The van der Waals surface area contributed by atoms with Crippen LogP contribution < -0.4 is 0 Å². The molecular formula is C15H24O. The molecule has 1 heteroatoms. The van der Waals surface area contributed by atoms with Crippen LogP contribution in [0.15, 0.2) is 11.1 Å². The SMILES string of the molecule is C[C@@H]1CC[C@H]2CC3=C(CO)CC[C@@]31C2(C)C. The lowest BCUT2D eigenvalue weighted by Crippen LogP contribution is -2.44. The summed E-state index contributed by atoms with van der Waals surface area (Å²) in [5.74, 6) is 1.70. The monoisotopic (exact) mass is 220 g/mol. The van der Waals surface area contributed by atoms with Gasteiger partial charge in [0.2, 0.25) is 0 Å². The third kappa shape index (κ3) is 0.971. The molecule has 0 unspecified atom stereocenters. The number of hydrogen-bond acceptors (Lipinski definition) is 1. The highest BCUT2D eigenvalue weighted by Gasteiger charge is 2.63. The van der Waals surface area contributed by atoms with Gasteiger partial charge in [-0.25, -0.2) is 0 Å². The molecular weight excluding hydrogens is 196 g/mol. The van der Waals surface area contributed by atoms with Gasteiger partial charge in [-0.15, -0.1) is 0 Å². The maximum absolute atomic E-state index is 9.53. The van der Waals surface area contributed by atoms with Crippen LogP contribution in [0.25, 0.3) is 0 Å². The summed E-state index contributed by atoms with van der Waals surface area (Å²) in [7, 11) is 0. The number of aliphatic hydroxyl groups is 1. The molecule has 0 aromatic heterocycles. The van der Waals surface area contributed by atoms with Crippen molar-refractivity contribution < 1.29 is 5.11 Å². The molecule has 0 radical (unpaired) electrons. The summed E-state index contributed by atoms with van der Waals surface area (Å²) in [5, 5.41) is 9.53. The van der Waals surface area contributed by atoms with E-state index in [2.05, 4.69) is 20.8 Å². The molecule has 0 saturated heterocycles. The van der Waals surface area contributed by atoms with E-state index in [1.165, 1.54) is 31.3 Å². The minimum Gasteiger partial charge on any atom is -0.392 e. The second-order valence-electron chi connectivity index (χ2n) is 6.81. The van der Waals surface area contributed by atoms with Crippen LogP contribution in [0.5, 0.6) is 0 Å².